The molecule has 0 spiro atoms. The number of piperidine rings is 1. The van der Waals surface area contributed by atoms with Crippen LogP contribution in [0.3, 0.4) is 0 Å². The molecule has 36 heavy (non-hydrogen) atoms. The Kier molecular flexibility index (Phi) is 8.54. The lowest BCUT2D eigenvalue weighted by atomic mass is 9.94. The molecule has 3 aliphatic rings. The van der Waals surface area contributed by atoms with Crippen molar-refractivity contribution in [3.8, 4) is 11.5 Å². The fourth-order valence-electron chi connectivity index (χ4n) is 5.62. The van der Waals surface area contributed by atoms with Gasteiger partial charge in [0.25, 0.3) is 0 Å². The number of β-amino-alcohol motifs (C(OH)–C–C–N with tert-alkyl or cyclic N) is 1. The summed E-state index contributed by atoms with van der Waals surface area (Å²) in [6, 6.07) is 18.0. The molecular formula is C29H38N2O5. The van der Waals surface area contributed by atoms with Gasteiger partial charge in [-0.2, -0.15) is 0 Å². The van der Waals surface area contributed by atoms with E-state index < -0.39 is 6.10 Å². The molecule has 3 heterocycles. The maximum absolute atomic E-state index is 12.8. The van der Waals surface area contributed by atoms with Gasteiger partial charge < -0.3 is 24.2 Å². The summed E-state index contributed by atoms with van der Waals surface area (Å²) in [5, 5.41) is 10.5. The SMILES string of the molecule is O=C(C[C@@H]1CC[C@@H]2[C@H](COC[C@H](O)CN2Cc2ccc(Oc3ccccc3)cc2)O1)N1CCCCC1. The van der Waals surface area contributed by atoms with Crippen LogP contribution >= 0.6 is 0 Å². The number of benzene rings is 2. The molecule has 3 aliphatic heterocycles. The Morgan fingerprint density at radius 1 is 0.944 bits per heavy atom. The molecule has 0 aliphatic carbocycles. The summed E-state index contributed by atoms with van der Waals surface area (Å²) in [5.41, 5.74) is 1.16. The summed E-state index contributed by atoms with van der Waals surface area (Å²) in [5.74, 6) is 1.83. The highest BCUT2D eigenvalue weighted by atomic mass is 16.5. The first-order valence-electron chi connectivity index (χ1n) is 13.4. The Morgan fingerprint density at radius 2 is 1.69 bits per heavy atom. The van der Waals surface area contributed by atoms with Crippen LogP contribution in [-0.2, 0) is 20.8 Å². The minimum atomic E-state index is -0.537. The molecule has 7 heteroatoms. The Bertz CT molecular complexity index is 963. The van der Waals surface area contributed by atoms with Crippen molar-refractivity contribution < 1.29 is 24.1 Å². The van der Waals surface area contributed by atoms with E-state index in [2.05, 4.69) is 17.0 Å². The largest absolute Gasteiger partial charge is 0.457 e. The Morgan fingerprint density at radius 3 is 2.47 bits per heavy atom. The first-order valence-corrected chi connectivity index (χ1v) is 13.4. The molecule has 1 N–H and O–H groups in total. The van der Waals surface area contributed by atoms with Crippen molar-refractivity contribution in [3.05, 3.63) is 60.2 Å². The monoisotopic (exact) mass is 494 g/mol. The van der Waals surface area contributed by atoms with E-state index >= 15 is 0 Å². The van der Waals surface area contributed by atoms with Gasteiger partial charge in [0.05, 0.1) is 37.9 Å². The van der Waals surface area contributed by atoms with Gasteiger partial charge in [-0.1, -0.05) is 30.3 Å². The van der Waals surface area contributed by atoms with Gasteiger partial charge in [0.15, 0.2) is 0 Å². The Balaban J connectivity index is 1.21. The van der Waals surface area contributed by atoms with Crippen molar-refractivity contribution in [1.29, 1.82) is 0 Å². The van der Waals surface area contributed by atoms with Crippen molar-refractivity contribution in [1.82, 2.24) is 9.80 Å². The maximum Gasteiger partial charge on any atom is 0.225 e. The number of hydrogen-bond acceptors (Lipinski definition) is 6. The highest BCUT2D eigenvalue weighted by molar-refractivity contribution is 5.76. The number of nitrogens with zero attached hydrogens (tertiary/aromatic N) is 2. The van der Waals surface area contributed by atoms with Gasteiger partial charge in [-0.15, -0.1) is 0 Å². The number of amides is 1. The zero-order chi connectivity index (χ0) is 24.7. The van der Waals surface area contributed by atoms with Crippen LogP contribution in [0.2, 0.25) is 0 Å². The van der Waals surface area contributed by atoms with Gasteiger partial charge in [0.1, 0.15) is 11.5 Å². The van der Waals surface area contributed by atoms with Crippen molar-refractivity contribution in [2.24, 2.45) is 0 Å². The van der Waals surface area contributed by atoms with Crippen LogP contribution in [0, 0.1) is 0 Å². The average molecular weight is 495 g/mol. The highest BCUT2D eigenvalue weighted by Gasteiger charge is 2.38. The van der Waals surface area contributed by atoms with Crippen LogP contribution in [-0.4, -0.2) is 78.0 Å². The fourth-order valence-corrected chi connectivity index (χ4v) is 5.62. The van der Waals surface area contributed by atoms with E-state index in [1.54, 1.807) is 0 Å². The lowest BCUT2D eigenvalue weighted by Gasteiger charge is -2.44. The number of fused-ring (bicyclic) bond motifs is 1. The second-order valence-corrected chi connectivity index (χ2v) is 10.3. The summed E-state index contributed by atoms with van der Waals surface area (Å²) in [6.07, 6.45) is 4.94. The molecule has 0 radical (unpaired) electrons. The molecule has 2 aromatic rings. The molecule has 5 rings (SSSR count). The number of likely N-dealkylation sites (tertiary alicyclic amines) is 1. The number of aliphatic hydroxyl groups excluding tert-OH is 1. The van der Waals surface area contributed by atoms with E-state index in [0.29, 0.717) is 32.7 Å². The zero-order valence-electron chi connectivity index (χ0n) is 21.0. The molecule has 1 amide bonds. The number of carbonyl (C=O) groups is 1. The molecule has 2 aromatic carbocycles. The molecule has 0 bridgehead atoms. The van der Waals surface area contributed by atoms with Gasteiger partial charge in [-0.05, 0) is 61.9 Å². The number of para-hydroxylation sites is 1. The number of aliphatic hydroxyl groups is 1. The normalized spacial score (nSPS) is 27.5. The molecule has 0 unspecified atom stereocenters. The maximum atomic E-state index is 12.8. The summed E-state index contributed by atoms with van der Waals surface area (Å²) < 4.78 is 18.2. The Hall–Kier alpha value is -2.45. The van der Waals surface area contributed by atoms with Crippen molar-refractivity contribution >= 4 is 5.91 Å². The number of carbonyl (C=O) groups excluding carboxylic acids is 1. The van der Waals surface area contributed by atoms with Crippen molar-refractivity contribution in [3.63, 3.8) is 0 Å². The van der Waals surface area contributed by atoms with E-state index in [9.17, 15) is 9.90 Å². The quantitative estimate of drug-likeness (QED) is 0.655. The third kappa shape index (κ3) is 6.65. The molecule has 3 fully saturated rings. The van der Waals surface area contributed by atoms with Crippen LogP contribution in [0.1, 0.15) is 44.1 Å². The summed E-state index contributed by atoms with van der Waals surface area (Å²) >= 11 is 0. The zero-order valence-corrected chi connectivity index (χ0v) is 21.0. The van der Waals surface area contributed by atoms with Crippen LogP contribution < -0.4 is 4.74 Å². The molecule has 7 nitrogen and oxygen atoms in total. The molecule has 3 saturated heterocycles. The van der Waals surface area contributed by atoms with Crippen LogP contribution in [0.25, 0.3) is 0 Å². The third-order valence-electron chi connectivity index (χ3n) is 7.49. The number of hydrogen-bond donors (Lipinski definition) is 1. The molecule has 0 saturated carbocycles. The Labute approximate surface area is 213 Å². The molecular weight excluding hydrogens is 456 g/mol. The second kappa shape index (κ2) is 12.2. The van der Waals surface area contributed by atoms with Crippen LogP contribution in [0.15, 0.2) is 54.6 Å². The van der Waals surface area contributed by atoms with Gasteiger partial charge in [0.2, 0.25) is 5.91 Å². The molecule has 4 atom stereocenters. The van der Waals surface area contributed by atoms with Crippen LogP contribution in [0.4, 0.5) is 0 Å². The fraction of sp³-hybridized carbons (Fsp3) is 0.552. The van der Waals surface area contributed by atoms with E-state index in [-0.39, 0.29) is 24.2 Å². The first-order chi connectivity index (χ1) is 17.6. The van der Waals surface area contributed by atoms with E-state index in [4.69, 9.17) is 14.2 Å². The first kappa shape index (κ1) is 25.2. The summed E-state index contributed by atoms with van der Waals surface area (Å²) in [6.45, 7) is 3.73. The highest BCUT2D eigenvalue weighted by Crippen LogP contribution is 2.30. The van der Waals surface area contributed by atoms with Crippen LogP contribution in [0.5, 0.6) is 11.5 Å². The molecule has 0 aromatic heterocycles. The summed E-state index contributed by atoms with van der Waals surface area (Å²) in [7, 11) is 0. The lowest BCUT2D eigenvalue weighted by molar-refractivity contribution is -0.161. The second-order valence-electron chi connectivity index (χ2n) is 10.3. The predicted molar refractivity (Wildman–Crippen MR) is 137 cm³/mol. The minimum absolute atomic E-state index is 0.0649. The minimum Gasteiger partial charge on any atom is -0.457 e. The van der Waals surface area contributed by atoms with E-state index in [1.807, 2.05) is 47.4 Å². The van der Waals surface area contributed by atoms with Crippen molar-refractivity contribution in [2.45, 2.75) is 69.4 Å². The van der Waals surface area contributed by atoms with Gasteiger partial charge in [-0.25, -0.2) is 0 Å². The number of ether oxygens (including phenoxy) is 3. The predicted octanol–water partition coefficient (Wildman–Crippen LogP) is 3.99. The van der Waals surface area contributed by atoms with Gasteiger partial charge in [0, 0.05) is 32.2 Å². The standard InChI is InChI=1S/C29H38N2O5/c32-23-19-31(18-22-9-11-25(12-10-22)35-24-7-3-1-4-8-24)27-14-13-26(36-28(27)21-34-20-23)17-29(33)30-15-5-2-6-16-30/h1,3-4,7-12,23,26-28,32H,2,5-6,13-21H2/t23-,26+,27-,28+/m1/s1. The summed E-state index contributed by atoms with van der Waals surface area (Å²) in [4.78, 5) is 17.1. The lowest BCUT2D eigenvalue weighted by Crippen LogP contribution is -2.55. The molecule has 194 valence electrons. The average Bonchev–Trinajstić information content (AvgIpc) is 2.90. The van der Waals surface area contributed by atoms with E-state index in [0.717, 1.165) is 55.8 Å². The number of rotatable bonds is 6. The van der Waals surface area contributed by atoms with Gasteiger partial charge in [-0.3, -0.25) is 9.69 Å². The topological polar surface area (TPSA) is 71.5 Å². The smallest absolute Gasteiger partial charge is 0.225 e. The van der Waals surface area contributed by atoms with E-state index in [1.165, 1.54) is 6.42 Å². The van der Waals surface area contributed by atoms with Crippen molar-refractivity contribution in [2.75, 3.05) is 32.8 Å². The third-order valence-corrected chi connectivity index (χ3v) is 7.49. The van der Waals surface area contributed by atoms with Gasteiger partial charge >= 0.3 is 0 Å².